The summed E-state index contributed by atoms with van der Waals surface area (Å²) in [5, 5.41) is 2.63. The summed E-state index contributed by atoms with van der Waals surface area (Å²) in [6, 6.07) is 9.60. The van der Waals surface area contributed by atoms with E-state index in [2.05, 4.69) is 10.2 Å². The molecule has 0 radical (unpaired) electrons. The molecule has 3 nitrogen and oxygen atoms in total. The van der Waals surface area contributed by atoms with Gasteiger partial charge in [-0.25, -0.2) is 13.2 Å². The first-order valence-corrected chi connectivity index (χ1v) is 8.39. The monoisotopic (exact) mass is 360 g/mol. The molecule has 0 unspecified atom stereocenters. The maximum absolute atomic E-state index is 13.6. The Morgan fingerprint density at radius 3 is 2.62 bits per heavy atom. The van der Waals surface area contributed by atoms with E-state index in [9.17, 15) is 18.0 Å². The fourth-order valence-electron chi connectivity index (χ4n) is 2.92. The van der Waals surface area contributed by atoms with Crippen LogP contribution in [0.15, 0.2) is 54.1 Å². The molecule has 2 aromatic rings. The van der Waals surface area contributed by atoms with Crippen molar-refractivity contribution in [2.45, 2.75) is 19.5 Å². The molecule has 0 aliphatic carbocycles. The highest BCUT2D eigenvalue weighted by Gasteiger charge is 2.17. The topological polar surface area (TPSA) is 32.3 Å². The Morgan fingerprint density at radius 2 is 1.88 bits per heavy atom. The summed E-state index contributed by atoms with van der Waals surface area (Å²) in [5.41, 5.74) is 1.62. The zero-order valence-electron chi connectivity index (χ0n) is 14.1. The molecule has 136 valence electrons. The number of nitrogens with zero attached hydrogens (tertiary/aromatic N) is 1. The molecule has 1 aliphatic rings. The molecule has 6 heteroatoms. The van der Waals surface area contributed by atoms with Crippen LogP contribution in [0.2, 0.25) is 0 Å². The summed E-state index contributed by atoms with van der Waals surface area (Å²) in [6.07, 6.45) is 2.37. The second kappa shape index (κ2) is 8.19. The lowest BCUT2D eigenvalue weighted by Crippen LogP contribution is -2.33. The number of amides is 1. The predicted octanol–water partition coefficient (Wildman–Crippen LogP) is 3.55. The molecule has 0 saturated carbocycles. The van der Waals surface area contributed by atoms with Gasteiger partial charge in [0.25, 0.3) is 0 Å². The number of carbonyl (C=O) groups excluding carboxylic acids is 1. The molecule has 0 saturated heterocycles. The Labute approximate surface area is 150 Å². The van der Waals surface area contributed by atoms with Gasteiger partial charge in [0.05, 0.1) is 0 Å². The first kappa shape index (κ1) is 18.2. The smallest absolute Gasteiger partial charge is 0.247 e. The Balaban J connectivity index is 1.53. The van der Waals surface area contributed by atoms with E-state index in [0.29, 0.717) is 31.6 Å². The van der Waals surface area contributed by atoms with Gasteiger partial charge in [-0.2, -0.15) is 0 Å². The van der Waals surface area contributed by atoms with Crippen molar-refractivity contribution in [2.75, 3.05) is 13.1 Å². The highest BCUT2D eigenvalue weighted by atomic mass is 19.1. The van der Waals surface area contributed by atoms with Gasteiger partial charge in [0.1, 0.15) is 17.5 Å². The third-order valence-corrected chi connectivity index (χ3v) is 4.33. The SMILES string of the molecule is O=C(NCc1cc(F)ccc1F)C1=CCN(Cc2cccc(F)c2)CC1. The Morgan fingerprint density at radius 1 is 1.08 bits per heavy atom. The number of halogens is 3. The zero-order chi connectivity index (χ0) is 18.5. The van der Waals surface area contributed by atoms with E-state index in [1.54, 1.807) is 6.07 Å². The highest BCUT2D eigenvalue weighted by molar-refractivity contribution is 5.93. The summed E-state index contributed by atoms with van der Waals surface area (Å²) in [7, 11) is 0. The van der Waals surface area contributed by atoms with Crippen molar-refractivity contribution < 1.29 is 18.0 Å². The zero-order valence-corrected chi connectivity index (χ0v) is 14.1. The molecule has 1 amide bonds. The van der Waals surface area contributed by atoms with Crippen LogP contribution in [0.1, 0.15) is 17.5 Å². The highest BCUT2D eigenvalue weighted by Crippen LogP contribution is 2.15. The van der Waals surface area contributed by atoms with Crippen molar-refractivity contribution in [2.24, 2.45) is 0 Å². The number of rotatable bonds is 5. The lowest BCUT2D eigenvalue weighted by atomic mass is 10.1. The van der Waals surface area contributed by atoms with Gasteiger partial charge >= 0.3 is 0 Å². The first-order valence-electron chi connectivity index (χ1n) is 8.39. The Kier molecular flexibility index (Phi) is 5.73. The van der Waals surface area contributed by atoms with Crippen molar-refractivity contribution >= 4 is 5.91 Å². The quantitative estimate of drug-likeness (QED) is 0.884. The molecule has 3 rings (SSSR count). The lowest BCUT2D eigenvalue weighted by Gasteiger charge is -2.26. The van der Waals surface area contributed by atoms with Gasteiger partial charge in [0.2, 0.25) is 5.91 Å². The predicted molar refractivity (Wildman–Crippen MR) is 92.6 cm³/mol. The fraction of sp³-hybridized carbons (Fsp3) is 0.250. The van der Waals surface area contributed by atoms with Gasteiger partial charge in [-0.1, -0.05) is 18.2 Å². The van der Waals surface area contributed by atoms with E-state index in [0.717, 1.165) is 23.8 Å². The molecule has 1 aliphatic heterocycles. The van der Waals surface area contributed by atoms with Crippen molar-refractivity contribution in [3.05, 3.63) is 82.7 Å². The molecule has 1 N–H and O–H groups in total. The van der Waals surface area contributed by atoms with Gasteiger partial charge in [-0.15, -0.1) is 0 Å². The molecule has 0 spiro atoms. The largest absolute Gasteiger partial charge is 0.348 e. The van der Waals surface area contributed by atoms with E-state index in [-0.39, 0.29) is 23.8 Å². The van der Waals surface area contributed by atoms with E-state index in [4.69, 9.17) is 0 Å². The van der Waals surface area contributed by atoms with Crippen LogP contribution in [0.4, 0.5) is 13.2 Å². The fourth-order valence-corrected chi connectivity index (χ4v) is 2.92. The van der Waals surface area contributed by atoms with Crippen LogP contribution in [0, 0.1) is 17.5 Å². The second-order valence-electron chi connectivity index (χ2n) is 6.26. The molecule has 0 fully saturated rings. The Bertz CT molecular complexity index is 836. The van der Waals surface area contributed by atoms with Crippen molar-refractivity contribution in [3.63, 3.8) is 0 Å². The minimum absolute atomic E-state index is 0.0627. The van der Waals surface area contributed by atoms with E-state index in [1.165, 1.54) is 12.1 Å². The van der Waals surface area contributed by atoms with Gasteiger partial charge < -0.3 is 5.32 Å². The lowest BCUT2D eigenvalue weighted by molar-refractivity contribution is -0.118. The third kappa shape index (κ3) is 4.73. The van der Waals surface area contributed by atoms with Crippen LogP contribution in [-0.2, 0) is 17.9 Å². The standard InChI is InChI=1S/C20H19F3N2O/c21-17-3-1-2-14(10-17)13-25-8-6-15(7-9-25)20(26)24-12-16-11-18(22)4-5-19(16)23/h1-6,10-11H,7-9,12-13H2,(H,24,26). The van der Waals surface area contributed by atoms with Crippen LogP contribution >= 0.6 is 0 Å². The summed E-state index contributed by atoms with van der Waals surface area (Å²) >= 11 is 0. The van der Waals surface area contributed by atoms with Gasteiger partial charge in [0.15, 0.2) is 0 Å². The minimum atomic E-state index is -0.550. The van der Waals surface area contributed by atoms with Crippen molar-refractivity contribution in [1.29, 1.82) is 0 Å². The van der Waals surface area contributed by atoms with E-state index >= 15 is 0 Å². The first-order chi connectivity index (χ1) is 12.5. The molecule has 0 bridgehead atoms. The van der Waals surface area contributed by atoms with Crippen molar-refractivity contribution in [3.8, 4) is 0 Å². The maximum Gasteiger partial charge on any atom is 0.247 e. The minimum Gasteiger partial charge on any atom is -0.348 e. The van der Waals surface area contributed by atoms with Crippen LogP contribution in [0.3, 0.4) is 0 Å². The number of nitrogens with one attached hydrogen (secondary N) is 1. The summed E-state index contributed by atoms with van der Waals surface area (Å²) in [5.74, 6) is -1.63. The van der Waals surface area contributed by atoms with Gasteiger partial charge in [-0.05, 0) is 42.3 Å². The van der Waals surface area contributed by atoms with E-state index < -0.39 is 11.6 Å². The normalized spacial score (nSPS) is 14.8. The summed E-state index contributed by atoms with van der Waals surface area (Å²) < 4.78 is 40.0. The average Bonchev–Trinajstić information content (AvgIpc) is 2.63. The molecule has 0 atom stereocenters. The van der Waals surface area contributed by atoms with Crippen LogP contribution < -0.4 is 5.32 Å². The van der Waals surface area contributed by atoms with E-state index in [1.807, 2.05) is 12.1 Å². The van der Waals surface area contributed by atoms with Gasteiger partial charge in [-0.3, -0.25) is 9.69 Å². The Hall–Kier alpha value is -2.60. The molecular weight excluding hydrogens is 341 g/mol. The van der Waals surface area contributed by atoms with Crippen LogP contribution in [0.25, 0.3) is 0 Å². The molecule has 2 aromatic carbocycles. The van der Waals surface area contributed by atoms with Crippen LogP contribution in [0.5, 0.6) is 0 Å². The second-order valence-corrected chi connectivity index (χ2v) is 6.26. The number of benzene rings is 2. The number of hydrogen-bond donors (Lipinski definition) is 1. The summed E-state index contributed by atoms with van der Waals surface area (Å²) in [6.45, 7) is 1.79. The molecule has 26 heavy (non-hydrogen) atoms. The van der Waals surface area contributed by atoms with Crippen molar-refractivity contribution in [1.82, 2.24) is 10.2 Å². The number of hydrogen-bond acceptors (Lipinski definition) is 2. The van der Waals surface area contributed by atoms with Crippen LogP contribution in [-0.4, -0.2) is 23.9 Å². The molecular formula is C20H19F3N2O. The molecule has 1 heterocycles. The third-order valence-electron chi connectivity index (χ3n) is 4.33. The number of carbonyl (C=O) groups is 1. The summed E-state index contributed by atoms with van der Waals surface area (Å²) in [4.78, 5) is 14.3. The maximum atomic E-state index is 13.6. The average molecular weight is 360 g/mol. The molecule has 0 aromatic heterocycles. The van der Waals surface area contributed by atoms with Gasteiger partial charge in [0, 0.05) is 37.3 Å².